The van der Waals surface area contributed by atoms with Gasteiger partial charge in [-0.3, -0.25) is 0 Å². The summed E-state index contributed by atoms with van der Waals surface area (Å²) < 4.78 is 5.09. The first-order valence-corrected chi connectivity index (χ1v) is 4.62. The summed E-state index contributed by atoms with van der Waals surface area (Å²) in [7, 11) is 0. The van der Waals surface area contributed by atoms with Gasteiger partial charge in [0.05, 0.1) is 0 Å². The van der Waals surface area contributed by atoms with E-state index in [0.717, 1.165) is 6.42 Å². The highest BCUT2D eigenvalue weighted by atomic mass is 16.6. The molecule has 0 spiro atoms. The van der Waals surface area contributed by atoms with Crippen molar-refractivity contribution in [1.29, 1.82) is 0 Å². The van der Waals surface area contributed by atoms with Gasteiger partial charge in [-0.1, -0.05) is 0 Å². The number of hydrogen-bond donors (Lipinski definition) is 2. The van der Waals surface area contributed by atoms with Gasteiger partial charge in [0.15, 0.2) is 0 Å². The molecule has 76 valence electrons. The normalized spacial score (nSPS) is 26.8. The lowest BCUT2D eigenvalue weighted by molar-refractivity contribution is 0.0521. The quantitative estimate of drug-likeness (QED) is 0.672. The smallest absolute Gasteiger partial charge is 0.407 e. The van der Waals surface area contributed by atoms with E-state index in [4.69, 9.17) is 10.5 Å². The summed E-state index contributed by atoms with van der Waals surface area (Å²) in [5.74, 6) is 0.451. The van der Waals surface area contributed by atoms with Gasteiger partial charge in [0.1, 0.15) is 5.60 Å². The van der Waals surface area contributed by atoms with Crippen LogP contribution in [0.3, 0.4) is 0 Å². The molecule has 3 N–H and O–H groups in total. The Morgan fingerprint density at radius 3 is 2.62 bits per heavy atom. The minimum atomic E-state index is -0.419. The summed E-state index contributed by atoms with van der Waals surface area (Å²) in [6.45, 7) is 6.18. The van der Waals surface area contributed by atoms with Crippen LogP contribution in [0.25, 0.3) is 0 Å². The van der Waals surface area contributed by atoms with E-state index in [1.54, 1.807) is 0 Å². The molecule has 1 aliphatic rings. The van der Waals surface area contributed by atoms with Crippen molar-refractivity contribution in [2.24, 2.45) is 11.7 Å². The van der Waals surface area contributed by atoms with Crippen LogP contribution in [0.1, 0.15) is 27.2 Å². The van der Waals surface area contributed by atoms with Crippen LogP contribution in [0.5, 0.6) is 0 Å². The number of carbonyl (C=O) groups excluding carboxylic acids is 1. The van der Waals surface area contributed by atoms with E-state index in [0.29, 0.717) is 12.5 Å². The molecule has 4 heteroatoms. The van der Waals surface area contributed by atoms with Gasteiger partial charge in [0.2, 0.25) is 0 Å². The highest BCUT2D eigenvalue weighted by Gasteiger charge is 2.37. The molecular weight excluding hydrogens is 168 g/mol. The predicted molar refractivity (Wildman–Crippen MR) is 50.3 cm³/mol. The summed E-state index contributed by atoms with van der Waals surface area (Å²) >= 11 is 0. The molecule has 1 saturated carbocycles. The molecule has 0 aromatic carbocycles. The van der Waals surface area contributed by atoms with E-state index in [1.165, 1.54) is 0 Å². The fraction of sp³-hybridized carbons (Fsp3) is 0.889. The van der Waals surface area contributed by atoms with Crippen molar-refractivity contribution < 1.29 is 9.53 Å². The molecule has 0 aromatic heterocycles. The van der Waals surface area contributed by atoms with Crippen LogP contribution in [0.2, 0.25) is 0 Å². The lowest BCUT2D eigenvalue weighted by Crippen LogP contribution is -2.34. The molecule has 0 radical (unpaired) electrons. The van der Waals surface area contributed by atoms with Gasteiger partial charge in [-0.05, 0) is 39.7 Å². The maximum Gasteiger partial charge on any atom is 0.407 e. The molecule has 1 rings (SSSR count). The van der Waals surface area contributed by atoms with Crippen LogP contribution >= 0.6 is 0 Å². The molecule has 0 aromatic rings. The monoisotopic (exact) mass is 186 g/mol. The fourth-order valence-electron chi connectivity index (χ4n) is 1.14. The topological polar surface area (TPSA) is 64.3 Å². The zero-order valence-electron chi connectivity index (χ0n) is 8.46. The number of nitrogens with two attached hydrogens (primary N) is 1. The molecule has 0 unspecified atom stereocenters. The molecular formula is C9H18N2O2. The third-order valence-electron chi connectivity index (χ3n) is 1.93. The van der Waals surface area contributed by atoms with Gasteiger partial charge in [-0.25, -0.2) is 4.79 Å². The van der Waals surface area contributed by atoms with Crippen LogP contribution in [-0.2, 0) is 4.74 Å². The molecule has 13 heavy (non-hydrogen) atoms. The predicted octanol–water partition coefficient (Wildman–Crippen LogP) is 0.858. The molecule has 1 amide bonds. The van der Waals surface area contributed by atoms with Gasteiger partial charge in [0.25, 0.3) is 0 Å². The lowest BCUT2D eigenvalue weighted by Gasteiger charge is -2.19. The Labute approximate surface area is 78.8 Å². The van der Waals surface area contributed by atoms with Crippen LogP contribution < -0.4 is 11.1 Å². The Balaban J connectivity index is 2.20. The second kappa shape index (κ2) is 3.54. The Kier molecular flexibility index (Phi) is 2.81. The largest absolute Gasteiger partial charge is 0.444 e. The Bertz CT molecular complexity index is 198. The number of ether oxygens (including phenoxy) is 1. The van der Waals surface area contributed by atoms with E-state index < -0.39 is 5.60 Å². The fourth-order valence-corrected chi connectivity index (χ4v) is 1.14. The maximum atomic E-state index is 11.2. The van der Waals surface area contributed by atoms with Crippen molar-refractivity contribution in [3.8, 4) is 0 Å². The van der Waals surface area contributed by atoms with Crippen LogP contribution in [0.4, 0.5) is 4.79 Å². The summed E-state index contributed by atoms with van der Waals surface area (Å²) in [6, 6.07) is 0.236. The Hall–Kier alpha value is -0.770. The van der Waals surface area contributed by atoms with Gasteiger partial charge >= 0.3 is 6.09 Å². The van der Waals surface area contributed by atoms with Crippen molar-refractivity contribution in [3.05, 3.63) is 0 Å². The first-order chi connectivity index (χ1) is 5.92. The molecule has 2 atom stereocenters. The summed E-state index contributed by atoms with van der Waals surface area (Å²) in [5, 5.41) is 2.77. The SMILES string of the molecule is CC(C)(C)OC(=O)N[C@H]1C[C@@H]1CN. The average Bonchev–Trinajstić information content (AvgIpc) is 2.62. The third-order valence-corrected chi connectivity index (χ3v) is 1.93. The number of nitrogens with one attached hydrogen (secondary N) is 1. The molecule has 1 fully saturated rings. The van der Waals surface area contributed by atoms with Crippen molar-refractivity contribution in [2.45, 2.75) is 38.8 Å². The molecule has 1 aliphatic carbocycles. The Morgan fingerprint density at radius 1 is 1.62 bits per heavy atom. The molecule has 4 nitrogen and oxygen atoms in total. The van der Waals surface area contributed by atoms with E-state index >= 15 is 0 Å². The molecule has 0 aliphatic heterocycles. The minimum absolute atomic E-state index is 0.236. The zero-order chi connectivity index (χ0) is 10.1. The standard InChI is InChI=1S/C9H18N2O2/c1-9(2,3)13-8(12)11-7-4-6(7)5-10/h6-7H,4-5,10H2,1-3H3,(H,11,12)/t6-,7+/m1/s1. The van der Waals surface area contributed by atoms with Crippen molar-refractivity contribution in [3.63, 3.8) is 0 Å². The summed E-state index contributed by atoms with van der Waals surface area (Å²) in [5.41, 5.74) is 5.02. The van der Waals surface area contributed by atoms with Gasteiger partial charge in [-0.15, -0.1) is 0 Å². The number of alkyl carbamates (subject to hydrolysis) is 1. The van der Waals surface area contributed by atoms with E-state index in [-0.39, 0.29) is 12.1 Å². The van der Waals surface area contributed by atoms with Gasteiger partial charge < -0.3 is 15.8 Å². The van der Waals surface area contributed by atoms with Crippen LogP contribution in [0, 0.1) is 5.92 Å². The highest BCUT2D eigenvalue weighted by molar-refractivity contribution is 5.68. The van der Waals surface area contributed by atoms with Crippen molar-refractivity contribution >= 4 is 6.09 Å². The van der Waals surface area contributed by atoms with Crippen LogP contribution in [-0.4, -0.2) is 24.3 Å². The zero-order valence-corrected chi connectivity index (χ0v) is 8.46. The molecule has 0 bridgehead atoms. The highest BCUT2D eigenvalue weighted by Crippen LogP contribution is 2.28. The first kappa shape index (κ1) is 10.3. The molecule has 0 saturated heterocycles. The number of carbonyl (C=O) groups is 1. The third kappa shape index (κ3) is 3.63. The number of hydrogen-bond acceptors (Lipinski definition) is 3. The lowest BCUT2D eigenvalue weighted by atomic mass is 10.2. The summed E-state index contributed by atoms with van der Waals surface area (Å²) in [6.07, 6.45) is 0.642. The number of amides is 1. The van der Waals surface area contributed by atoms with Crippen molar-refractivity contribution in [2.75, 3.05) is 6.54 Å². The van der Waals surface area contributed by atoms with Crippen LogP contribution in [0.15, 0.2) is 0 Å². The van der Waals surface area contributed by atoms with Gasteiger partial charge in [-0.2, -0.15) is 0 Å². The minimum Gasteiger partial charge on any atom is -0.444 e. The molecule has 0 heterocycles. The van der Waals surface area contributed by atoms with E-state index in [1.807, 2.05) is 20.8 Å². The summed E-state index contributed by atoms with van der Waals surface area (Å²) in [4.78, 5) is 11.2. The average molecular weight is 186 g/mol. The van der Waals surface area contributed by atoms with E-state index in [9.17, 15) is 4.79 Å². The second-order valence-electron chi connectivity index (χ2n) is 4.48. The Morgan fingerprint density at radius 2 is 2.23 bits per heavy atom. The number of rotatable bonds is 2. The van der Waals surface area contributed by atoms with Gasteiger partial charge in [0, 0.05) is 6.04 Å². The second-order valence-corrected chi connectivity index (χ2v) is 4.48. The van der Waals surface area contributed by atoms with Crippen molar-refractivity contribution in [1.82, 2.24) is 5.32 Å². The first-order valence-electron chi connectivity index (χ1n) is 4.62. The maximum absolute atomic E-state index is 11.2. The van der Waals surface area contributed by atoms with E-state index in [2.05, 4.69) is 5.32 Å².